The molecule has 5 N–H and O–H groups in total. The molecule has 0 aliphatic carbocycles. The third kappa shape index (κ3) is 3.01. The summed E-state index contributed by atoms with van der Waals surface area (Å²) in [5, 5.41) is 9.07. The first-order valence-corrected chi connectivity index (χ1v) is 4.88. The SMILES string of the molecule is NC(N)=N[C@@H](CO)c1ccc(Br)cc1. The monoisotopic (exact) mass is 257 g/mol. The highest BCUT2D eigenvalue weighted by Crippen LogP contribution is 2.19. The standard InChI is InChI=1S/C9H12BrN3O/c10-7-3-1-6(2-4-7)8(5-14)13-9(11)12/h1-4,8,14H,5H2,(H4,11,12,13)/t8-/m0/s1. The molecule has 1 aromatic rings. The van der Waals surface area contributed by atoms with Crippen molar-refractivity contribution in [1.29, 1.82) is 0 Å². The minimum atomic E-state index is -0.381. The van der Waals surface area contributed by atoms with E-state index in [1.807, 2.05) is 24.3 Å². The first-order valence-electron chi connectivity index (χ1n) is 4.08. The zero-order valence-corrected chi connectivity index (χ0v) is 9.11. The quantitative estimate of drug-likeness (QED) is 0.552. The first-order chi connectivity index (χ1) is 6.63. The van der Waals surface area contributed by atoms with E-state index in [2.05, 4.69) is 20.9 Å². The van der Waals surface area contributed by atoms with Crippen LogP contribution in [0.5, 0.6) is 0 Å². The Morgan fingerprint density at radius 3 is 2.36 bits per heavy atom. The van der Waals surface area contributed by atoms with Crippen molar-refractivity contribution in [3.8, 4) is 0 Å². The number of nitrogens with zero attached hydrogens (tertiary/aromatic N) is 1. The summed E-state index contributed by atoms with van der Waals surface area (Å²) in [6.07, 6.45) is 0. The van der Waals surface area contributed by atoms with Gasteiger partial charge in [-0.2, -0.15) is 0 Å². The van der Waals surface area contributed by atoms with Gasteiger partial charge in [-0.3, -0.25) is 0 Å². The Morgan fingerprint density at radius 1 is 1.36 bits per heavy atom. The molecule has 1 rings (SSSR count). The predicted molar refractivity (Wildman–Crippen MR) is 59.8 cm³/mol. The second-order valence-electron chi connectivity index (χ2n) is 2.80. The van der Waals surface area contributed by atoms with Crippen molar-refractivity contribution in [2.24, 2.45) is 16.5 Å². The minimum Gasteiger partial charge on any atom is -0.394 e. The minimum absolute atomic E-state index is 0.0213. The van der Waals surface area contributed by atoms with Crippen LogP contribution in [0.2, 0.25) is 0 Å². The van der Waals surface area contributed by atoms with Crippen LogP contribution in [0.4, 0.5) is 0 Å². The van der Waals surface area contributed by atoms with Gasteiger partial charge in [-0.05, 0) is 17.7 Å². The van der Waals surface area contributed by atoms with Gasteiger partial charge in [0.05, 0.1) is 6.61 Å². The molecule has 0 spiro atoms. The maximum atomic E-state index is 9.07. The van der Waals surface area contributed by atoms with Gasteiger partial charge in [0.15, 0.2) is 5.96 Å². The van der Waals surface area contributed by atoms with Crippen LogP contribution in [0, 0.1) is 0 Å². The molecule has 76 valence electrons. The van der Waals surface area contributed by atoms with Crippen LogP contribution in [0.25, 0.3) is 0 Å². The molecule has 1 atom stereocenters. The molecule has 0 aromatic heterocycles. The Labute approximate surface area is 90.8 Å². The van der Waals surface area contributed by atoms with Gasteiger partial charge >= 0.3 is 0 Å². The molecule has 0 radical (unpaired) electrons. The van der Waals surface area contributed by atoms with Crippen molar-refractivity contribution in [2.45, 2.75) is 6.04 Å². The van der Waals surface area contributed by atoms with E-state index < -0.39 is 0 Å². The third-order valence-electron chi connectivity index (χ3n) is 1.73. The van der Waals surface area contributed by atoms with E-state index in [1.165, 1.54) is 0 Å². The molecule has 0 saturated carbocycles. The number of nitrogens with two attached hydrogens (primary N) is 2. The third-order valence-corrected chi connectivity index (χ3v) is 2.26. The normalized spacial score (nSPS) is 12.1. The molecule has 4 nitrogen and oxygen atoms in total. The molecular formula is C9H12BrN3O. The van der Waals surface area contributed by atoms with E-state index in [9.17, 15) is 0 Å². The van der Waals surface area contributed by atoms with Gasteiger partial charge < -0.3 is 16.6 Å². The van der Waals surface area contributed by atoms with Gasteiger partial charge in [-0.1, -0.05) is 28.1 Å². The molecular weight excluding hydrogens is 246 g/mol. The van der Waals surface area contributed by atoms with E-state index >= 15 is 0 Å². The van der Waals surface area contributed by atoms with Gasteiger partial charge in [0.1, 0.15) is 6.04 Å². The molecule has 0 heterocycles. The highest BCUT2D eigenvalue weighted by Gasteiger charge is 2.08. The second kappa shape index (κ2) is 4.97. The number of aliphatic imine (C=N–C) groups is 1. The van der Waals surface area contributed by atoms with E-state index in [0.29, 0.717) is 0 Å². The van der Waals surface area contributed by atoms with Crippen LogP contribution < -0.4 is 11.5 Å². The Balaban J connectivity index is 2.90. The molecule has 0 saturated heterocycles. The number of hydrogen-bond acceptors (Lipinski definition) is 2. The fourth-order valence-electron chi connectivity index (χ4n) is 1.09. The largest absolute Gasteiger partial charge is 0.394 e. The van der Waals surface area contributed by atoms with Crippen molar-refractivity contribution < 1.29 is 5.11 Å². The Hall–Kier alpha value is -1.07. The summed E-state index contributed by atoms with van der Waals surface area (Å²) >= 11 is 3.32. The molecule has 14 heavy (non-hydrogen) atoms. The molecule has 1 aromatic carbocycles. The van der Waals surface area contributed by atoms with E-state index in [4.69, 9.17) is 16.6 Å². The topological polar surface area (TPSA) is 84.6 Å². The number of aliphatic hydroxyl groups excluding tert-OH is 1. The van der Waals surface area contributed by atoms with E-state index in [-0.39, 0.29) is 18.6 Å². The van der Waals surface area contributed by atoms with Gasteiger partial charge in [0.25, 0.3) is 0 Å². The number of guanidine groups is 1. The highest BCUT2D eigenvalue weighted by atomic mass is 79.9. The predicted octanol–water partition coefficient (Wildman–Crippen LogP) is 0.756. The van der Waals surface area contributed by atoms with Gasteiger partial charge in [-0.25, -0.2) is 4.99 Å². The summed E-state index contributed by atoms with van der Waals surface area (Å²) in [7, 11) is 0. The molecule has 0 unspecified atom stereocenters. The lowest BCUT2D eigenvalue weighted by Crippen LogP contribution is -2.24. The average Bonchev–Trinajstić information content (AvgIpc) is 2.15. The van der Waals surface area contributed by atoms with Crippen molar-refractivity contribution in [2.75, 3.05) is 6.61 Å². The van der Waals surface area contributed by atoms with Crippen LogP contribution in [-0.4, -0.2) is 17.7 Å². The summed E-state index contributed by atoms with van der Waals surface area (Å²) in [6, 6.07) is 7.09. The summed E-state index contributed by atoms with van der Waals surface area (Å²) in [4.78, 5) is 3.90. The van der Waals surface area contributed by atoms with E-state index in [1.54, 1.807) is 0 Å². The van der Waals surface area contributed by atoms with Crippen molar-refractivity contribution in [3.05, 3.63) is 34.3 Å². The maximum Gasteiger partial charge on any atom is 0.186 e. The zero-order valence-electron chi connectivity index (χ0n) is 7.52. The fourth-order valence-corrected chi connectivity index (χ4v) is 1.35. The number of rotatable bonds is 3. The van der Waals surface area contributed by atoms with Gasteiger partial charge in [0.2, 0.25) is 0 Å². The van der Waals surface area contributed by atoms with E-state index in [0.717, 1.165) is 10.0 Å². The number of benzene rings is 1. The number of aliphatic hydroxyl groups is 1. The average molecular weight is 258 g/mol. The Kier molecular flexibility index (Phi) is 3.91. The van der Waals surface area contributed by atoms with Crippen LogP contribution in [-0.2, 0) is 0 Å². The number of halogens is 1. The Bertz CT molecular complexity index is 319. The van der Waals surface area contributed by atoms with Gasteiger partial charge in [-0.15, -0.1) is 0 Å². The molecule has 0 aliphatic rings. The van der Waals surface area contributed by atoms with Crippen LogP contribution in [0.3, 0.4) is 0 Å². The number of hydrogen-bond donors (Lipinski definition) is 3. The van der Waals surface area contributed by atoms with Crippen molar-refractivity contribution in [3.63, 3.8) is 0 Å². The lowest BCUT2D eigenvalue weighted by Gasteiger charge is -2.09. The molecule has 5 heteroatoms. The van der Waals surface area contributed by atoms with Crippen molar-refractivity contribution >= 4 is 21.9 Å². The lowest BCUT2D eigenvalue weighted by atomic mass is 10.1. The smallest absolute Gasteiger partial charge is 0.186 e. The van der Waals surface area contributed by atoms with Crippen LogP contribution in [0.1, 0.15) is 11.6 Å². The summed E-state index contributed by atoms with van der Waals surface area (Å²) in [5.41, 5.74) is 11.4. The molecule has 0 bridgehead atoms. The first kappa shape index (κ1) is 11.0. The Morgan fingerprint density at radius 2 is 1.93 bits per heavy atom. The second-order valence-corrected chi connectivity index (χ2v) is 3.72. The molecule has 0 amide bonds. The highest BCUT2D eigenvalue weighted by molar-refractivity contribution is 9.10. The summed E-state index contributed by atoms with van der Waals surface area (Å²) in [5.74, 6) is -0.0213. The van der Waals surface area contributed by atoms with Crippen molar-refractivity contribution in [1.82, 2.24) is 0 Å². The van der Waals surface area contributed by atoms with Crippen LogP contribution in [0.15, 0.2) is 33.7 Å². The zero-order chi connectivity index (χ0) is 10.6. The fraction of sp³-hybridized carbons (Fsp3) is 0.222. The van der Waals surface area contributed by atoms with Crippen LogP contribution >= 0.6 is 15.9 Å². The lowest BCUT2D eigenvalue weighted by molar-refractivity contribution is 0.269. The molecule has 0 aliphatic heterocycles. The molecule has 0 fully saturated rings. The van der Waals surface area contributed by atoms with Gasteiger partial charge in [0, 0.05) is 4.47 Å². The summed E-state index contributed by atoms with van der Waals surface area (Å²) < 4.78 is 0.975. The maximum absolute atomic E-state index is 9.07. The summed E-state index contributed by atoms with van der Waals surface area (Å²) in [6.45, 7) is -0.112.